The summed E-state index contributed by atoms with van der Waals surface area (Å²) >= 11 is 0. The summed E-state index contributed by atoms with van der Waals surface area (Å²) in [6.07, 6.45) is 0. The third-order valence-corrected chi connectivity index (χ3v) is 2.94. The van der Waals surface area contributed by atoms with E-state index in [-0.39, 0.29) is 25.0 Å². The van der Waals surface area contributed by atoms with Gasteiger partial charge in [0.15, 0.2) is 6.61 Å². The Morgan fingerprint density at radius 3 is 2.14 bits per heavy atom. The van der Waals surface area contributed by atoms with Crippen LogP contribution in [-0.4, -0.2) is 49.6 Å². The van der Waals surface area contributed by atoms with Crippen LogP contribution in [0.4, 0.5) is 0 Å². The van der Waals surface area contributed by atoms with Crippen molar-refractivity contribution in [1.29, 1.82) is 0 Å². The molecular weight excluding hydrogens is 284 g/mol. The van der Waals surface area contributed by atoms with Gasteiger partial charge in [-0.05, 0) is 45.0 Å². The molecule has 0 aromatic heterocycles. The lowest BCUT2D eigenvalue weighted by molar-refractivity contribution is -0.137. The van der Waals surface area contributed by atoms with Gasteiger partial charge in [-0.25, -0.2) is 0 Å². The normalized spacial score (nSPS) is 9.95. The molecule has 2 amide bonds. The number of amides is 2. The van der Waals surface area contributed by atoms with Crippen molar-refractivity contribution in [2.45, 2.75) is 20.8 Å². The molecule has 6 heteroatoms. The maximum absolute atomic E-state index is 12.1. The Balaban J connectivity index is 2.47. The first-order valence-corrected chi connectivity index (χ1v) is 7.50. The molecule has 0 saturated heterocycles. The van der Waals surface area contributed by atoms with Crippen LogP contribution in [0.25, 0.3) is 0 Å². The molecule has 0 aliphatic rings. The lowest BCUT2D eigenvalue weighted by Crippen LogP contribution is -2.42. The van der Waals surface area contributed by atoms with Gasteiger partial charge in [0, 0.05) is 13.1 Å². The van der Waals surface area contributed by atoms with Crippen molar-refractivity contribution in [3.63, 3.8) is 0 Å². The molecule has 0 atom stereocenters. The van der Waals surface area contributed by atoms with Crippen molar-refractivity contribution in [3.8, 4) is 11.5 Å². The summed E-state index contributed by atoms with van der Waals surface area (Å²) < 4.78 is 10.8. The van der Waals surface area contributed by atoms with Crippen molar-refractivity contribution in [1.82, 2.24) is 10.2 Å². The van der Waals surface area contributed by atoms with E-state index in [2.05, 4.69) is 5.32 Å². The standard InChI is InChI=1S/C16H24N2O4/c1-4-17-15(19)11-18(5-2)16(20)12-22-14-9-7-13(8-10-14)21-6-3/h7-10H,4-6,11-12H2,1-3H3,(H,17,19). The highest BCUT2D eigenvalue weighted by molar-refractivity contribution is 5.85. The quantitative estimate of drug-likeness (QED) is 0.750. The molecule has 0 aliphatic carbocycles. The zero-order valence-electron chi connectivity index (χ0n) is 13.4. The van der Waals surface area contributed by atoms with E-state index in [1.807, 2.05) is 20.8 Å². The van der Waals surface area contributed by atoms with Crippen LogP contribution in [0.15, 0.2) is 24.3 Å². The average molecular weight is 308 g/mol. The second-order valence-electron chi connectivity index (χ2n) is 4.55. The van der Waals surface area contributed by atoms with E-state index in [0.717, 1.165) is 5.75 Å². The molecule has 0 unspecified atom stereocenters. The monoisotopic (exact) mass is 308 g/mol. The van der Waals surface area contributed by atoms with Crippen molar-refractivity contribution >= 4 is 11.8 Å². The van der Waals surface area contributed by atoms with Crippen molar-refractivity contribution in [2.75, 3.05) is 32.8 Å². The largest absolute Gasteiger partial charge is 0.494 e. The molecule has 0 radical (unpaired) electrons. The molecular formula is C16H24N2O4. The first-order valence-electron chi connectivity index (χ1n) is 7.50. The number of hydrogen-bond donors (Lipinski definition) is 1. The van der Waals surface area contributed by atoms with Crippen LogP contribution < -0.4 is 14.8 Å². The minimum Gasteiger partial charge on any atom is -0.494 e. The average Bonchev–Trinajstić information content (AvgIpc) is 2.52. The molecule has 22 heavy (non-hydrogen) atoms. The summed E-state index contributed by atoms with van der Waals surface area (Å²) in [7, 11) is 0. The number of nitrogens with one attached hydrogen (secondary N) is 1. The molecule has 6 nitrogen and oxygen atoms in total. The lowest BCUT2D eigenvalue weighted by Gasteiger charge is -2.20. The molecule has 1 rings (SSSR count). The number of nitrogens with zero attached hydrogens (tertiary/aromatic N) is 1. The maximum Gasteiger partial charge on any atom is 0.260 e. The van der Waals surface area contributed by atoms with E-state index < -0.39 is 0 Å². The highest BCUT2D eigenvalue weighted by Crippen LogP contribution is 2.17. The number of benzene rings is 1. The Labute approximate surface area is 131 Å². The lowest BCUT2D eigenvalue weighted by atomic mass is 10.3. The van der Waals surface area contributed by atoms with Gasteiger partial charge >= 0.3 is 0 Å². The van der Waals surface area contributed by atoms with Gasteiger partial charge in [0.05, 0.1) is 13.2 Å². The van der Waals surface area contributed by atoms with E-state index in [1.165, 1.54) is 4.90 Å². The van der Waals surface area contributed by atoms with Crippen molar-refractivity contribution < 1.29 is 19.1 Å². The molecule has 0 saturated carbocycles. The van der Waals surface area contributed by atoms with Crippen LogP contribution in [0, 0.1) is 0 Å². The Morgan fingerprint density at radius 2 is 1.64 bits per heavy atom. The van der Waals surface area contributed by atoms with Gasteiger partial charge in [0.1, 0.15) is 11.5 Å². The Morgan fingerprint density at radius 1 is 1.05 bits per heavy atom. The number of ether oxygens (including phenoxy) is 2. The van der Waals surface area contributed by atoms with E-state index >= 15 is 0 Å². The molecule has 122 valence electrons. The van der Waals surface area contributed by atoms with E-state index in [1.54, 1.807) is 24.3 Å². The van der Waals surface area contributed by atoms with Crippen LogP contribution >= 0.6 is 0 Å². The predicted octanol–water partition coefficient (Wildman–Crippen LogP) is 1.45. The van der Waals surface area contributed by atoms with Gasteiger partial charge in [0.25, 0.3) is 5.91 Å². The van der Waals surface area contributed by atoms with Gasteiger partial charge in [-0.2, -0.15) is 0 Å². The minimum atomic E-state index is -0.220. The van der Waals surface area contributed by atoms with Gasteiger partial charge in [0.2, 0.25) is 5.91 Å². The molecule has 1 aromatic rings. The second kappa shape index (κ2) is 9.65. The zero-order chi connectivity index (χ0) is 16.4. The van der Waals surface area contributed by atoms with Crippen molar-refractivity contribution in [2.24, 2.45) is 0 Å². The molecule has 0 bridgehead atoms. The number of carbonyl (C=O) groups excluding carboxylic acids is 2. The summed E-state index contributed by atoms with van der Waals surface area (Å²) in [4.78, 5) is 25.0. The summed E-state index contributed by atoms with van der Waals surface area (Å²) in [5.41, 5.74) is 0. The third-order valence-electron chi connectivity index (χ3n) is 2.94. The summed E-state index contributed by atoms with van der Waals surface area (Å²) in [6.45, 7) is 7.15. The SMILES string of the molecule is CCNC(=O)CN(CC)C(=O)COc1ccc(OCC)cc1. The van der Waals surface area contributed by atoms with Crippen molar-refractivity contribution in [3.05, 3.63) is 24.3 Å². The van der Waals surface area contributed by atoms with Crippen LogP contribution in [0.1, 0.15) is 20.8 Å². The fourth-order valence-corrected chi connectivity index (χ4v) is 1.84. The summed E-state index contributed by atoms with van der Waals surface area (Å²) in [5, 5.41) is 2.67. The fraction of sp³-hybridized carbons (Fsp3) is 0.500. The zero-order valence-corrected chi connectivity index (χ0v) is 13.4. The minimum absolute atomic E-state index is 0.0514. The number of carbonyl (C=O) groups is 2. The van der Waals surface area contributed by atoms with Crippen LogP contribution in [0.3, 0.4) is 0 Å². The van der Waals surface area contributed by atoms with Gasteiger partial charge in [-0.3, -0.25) is 9.59 Å². The van der Waals surface area contributed by atoms with Crippen LogP contribution in [0.5, 0.6) is 11.5 Å². The highest BCUT2D eigenvalue weighted by Gasteiger charge is 2.15. The number of likely N-dealkylation sites (N-methyl/N-ethyl adjacent to an activating group) is 2. The van der Waals surface area contributed by atoms with Crippen LogP contribution in [-0.2, 0) is 9.59 Å². The van der Waals surface area contributed by atoms with E-state index in [0.29, 0.717) is 25.4 Å². The van der Waals surface area contributed by atoms with Crippen LogP contribution in [0.2, 0.25) is 0 Å². The van der Waals surface area contributed by atoms with Gasteiger partial charge in [-0.15, -0.1) is 0 Å². The molecule has 0 heterocycles. The highest BCUT2D eigenvalue weighted by atomic mass is 16.5. The van der Waals surface area contributed by atoms with Gasteiger partial charge in [-0.1, -0.05) is 0 Å². The molecule has 0 spiro atoms. The molecule has 0 aliphatic heterocycles. The van der Waals surface area contributed by atoms with E-state index in [4.69, 9.17) is 9.47 Å². The first kappa shape index (κ1) is 17.8. The maximum atomic E-state index is 12.1. The predicted molar refractivity (Wildman–Crippen MR) is 84.0 cm³/mol. The number of hydrogen-bond acceptors (Lipinski definition) is 4. The Bertz CT molecular complexity index is 474. The third kappa shape index (κ3) is 6.03. The fourth-order valence-electron chi connectivity index (χ4n) is 1.84. The van der Waals surface area contributed by atoms with Gasteiger partial charge < -0.3 is 19.7 Å². The Hall–Kier alpha value is -2.24. The second-order valence-corrected chi connectivity index (χ2v) is 4.55. The number of rotatable bonds is 9. The molecule has 1 N–H and O–H groups in total. The smallest absolute Gasteiger partial charge is 0.260 e. The summed E-state index contributed by atoms with van der Waals surface area (Å²) in [6, 6.07) is 7.07. The topological polar surface area (TPSA) is 67.9 Å². The molecule has 1 aromatic carbocycles. The Kier molecular flexibility index (Phi) is 7.81. The summed E-state index contributed by atoms with van der Waals surface area (Å²) in [5.74, 6) is 0.958. The first-order chi connectivity index (χ1) is 10.6. The van der Waals surface area contributed by atoms with E-state index in [9.17, 15) is 9.59 Å². The molecule has 0 fully saturated rings.